The van der Waals surface area contributed by atoms with Crippen LogP contribution in [0.25, 0.3) is 0 Å². The molecule has 0 atom stereocenters. The molecular weight excluding hydrogens is 336 g/mol. The molecule has 0 N–H and O–H groups in total. The highest BCUT2D eigenvalue weighted by atomic mass is 79.9. The lowest BCUT2D eigenvalue weighted by Gasteiger charge is -2.47. The van der Waals surface area contributed by atoms with Crippen LogP contribution in [0.3, 0.4) is 0 Å². The summed E-state index contributed by atoms with van der Waals surface area (Å²) < 4.78 is 5.21. The van der Waals surface area contributed by atoms with E-state index in [4.69, 9.17) is 4.74 Å². The fourth-order valence-corrected chi connectivity index (χ4v) is 3.69. The highest BCUT2D eigenvalue weighted by Gasteiger charge is 2.45. The lowest BCUT2D eigenvalue weighted by atomic mass is 9.62. The van der Waals surface area contributed by atoms with Gasteiger partial charge in [0, 0.05) is 25.9 Å². The number of hydrogen-bond acceptors (Lipinski definition) is 5. The summed E-state index contributed by atoms with van der Waals surface area (Å²) in [6.07, 6.45) is 3.58. The van der Waals surface area contributed by atoms with Crippen molar-refractivity contribution in [1.29, 1.82) is 0 Å². The van der Waals surface area contributed by atoms with Crippen molar-refractivity contribution in [2.24, 2.45) is 5.41 Å². The normalized spacial score (nSPS) is 20.3. The molecule has 1 spiro atoms. The van der Waals surface area contributed by atoms with E-state index >= 15 is 0 Å². The largest absolute Gasteiger partial charge is 0.465 e. The molecule has 2 fully saturated rings. The zero-order valence-electron chi connectivity index (χ0n) is 11.9. The number of ketones is 1. The van der Waals surface area contributed by atoms with E-state index in [0.29, 0.717) is 15.9 Å². The van der Waals surface area contributed by atoms with Crippen LogP contribution in [0.2, 0.25) is 0 Å². The van der Waals surface area contributed by atoms with Crippen LogP contribution in [0.4, 0.5) is 5.82 Å². The van der Waals surface area contributed by atoms with Gasteiger partial charge >= 0.3 is 5.97 Å². The summed E-state index contributed by atoms with van der Waals surface area (Å²) >= 11 is 3.33. The van der Waals surface area contributed by atoms with E-state index < -0.39 is 5.97 Å². The number of pyridine rings is 1. The number of esters is 1. The van der Waals surface area contributed by atoms with Crippen molar-refractivity contribution < 1.29 is 14.3 Å². The number of piperidine rings is 1. The minimum absolute atomic E-state index is 0.261. The Morgan fingerprint density at radius 3 is 2.52 bits per heavy atom. The third-order valence-corrected chi connectivity index (χ3v) is 5.14. The van der Waals surface area contributed by atoms with Crippen LogP contribution in [0, 0.1) is 5.41 Å². The SMILES string of the molecule is COC(=O)c1ccc(N2CCC3(CC2)CC(=O)C3)nc1Br. The molecule has 2 heterocycles. The molecule has 0 aromatic carbocycles. The van der Waals surface area contributed by atoms with Gasteiger partial charge in [-0.3, -0.25) is 4.79 Å². The maximum Gasteiger partial charge on any atom is 0.340 e. The molecule has 0 amide bonds. The molecule has 2 aliphatic rings. The number of nitrogens with zero attached hydrogens (tertiary/aromatic N) is 2. The lowest BCUT2D eigenvalue weighted by molar-refractivity contribution is -0.133. The fourth-order valence-electron chi connectivity index (χ4n) is 3.21. The van der Waals surface area contributed by atoms with Crippen molar-refractivity contribution in [1.82, 2.24) is 4.98 Å². The first kappa shape index (κ1) is 14.5. The molecule has 1 aliphatic heterocycles. The Bertz CT molecular complexity index is 585. The lowest BCUT2D eigenvalue weighted by Crippen LogP contribution is -2.47. The Morgan fingerprint density at radius 1 is 1.33 bits per heavy atom. The molecule has 1 aromatic heterocycles. The number of carbonyl (C=O) groups excluding carboxylic acids is 2. The second-order valence-electron chi connectivity index (χ2n) is 5.88. The number of aromatic nitrogens is 1. The second kappa shape index (κ2) is 5.40. The van der Waals surface area contributed by atoms with Crippen LogP contribution in [0.5, 0.6) is 0 Å². The molecule has 5 nitrogen and oxygen atoms in total. The monoisotopic (exact) mass is 352 g/mol. The summed E-state index contributed by atoms with van der Waals surface area (Å²) in [6.45, 7) is 1.81. The number of carbonyl (C=O) groups is 2. The van der Waals surface area contributed by atoms with Crippen molar-refractivity contribution in [3.05, 3.63) is 22.3 Å². The van der Waals surface area contributed by atoms with Gasteiger partial charge in [0.25, 0.3) is 0 Å². The Balaban J connectivity index is 1.70. The van der Waals surface area contributed by atoms with Gasteiger partial charge in [-0.1, -0.05) is 0 Å². The third kappa shape index (κ3) is 2.69. The van der Waals surface area contributed by atoms with Crippen LogP contribution >= 0.6 is 15.9 Å². The van der Waals surface area contributed by atoms with Crippen LogP contribution < -0.4 is 4.90 Å². The van der Waals surface area contributed by atoms with Crippen molar-refractivity contribution in [3.8, 4) is 0 Å². The number of hydrogen-bond donors (Lipinski definition) is 0. The molecule has 6 heteroatoms. The number of rotatable bonds is 2. The van der Waals surface area contributed by atoms with Gasteiger partial charge in [-0.05, 0) is 46.3 Å². The highest BCUT2D eigenvalue weighted by molar-refractivity contribution is 9.10. The summed E-state index contributed by atoms with van der Waals surface area (Å²) in [4.78, 5) is 29.4. The first-order valence-electron chi connectivity index (χ1n) is 7.04. The molecule has 0 bridgehead atoms. The minimum atomic E-state index is -0.397. The second-order valence-corrected chi connectivity index (χ2v) is 6.63. The van der Waals surface area contributed by atoms with E-state index in [2.05, 4.69) is 25.8 Å². The number of methoxy groups -OCH3 is 1. The van der Waals surface area contributed by atoms with Crippen molar-refractivity contribution in [3.63, 3.8) is 0 Å². The number of halogens is 1. The molecular formula is C15H17BrN2O3. The molecule has 0 radical (unpaired) electrons. The molecule has 0 unspecified atom stereocenters. The van der Waals surface area contributed by atoms with E-state index in [1.54, 1.807) is 6.07 Å². The fraction of sp³-hybridized carbons (Fsp3) is 0.533. The van der Waals surface area contributed by atoms with Gasteiger partial charge < -0.3 is 9.64 Å². The Kier molecular flexibility index (Phi) is 3.73. The number of Topliss-reactive ketones (excluding diaryl/α,β-unsaturated/α-hetero) is 1. The van der Waals surface area contributed by atoms with E-state index in [0.717, 1.165) is 44.6 Å². The van der Waals surface area contributed by atoms with E-state index in [9.17, 15) is 9.59 Å². The molecule has 112 valence electrons. The van der Waals surface area contributed by atoms with Gasteiger partial charge in [0.1, 0.15) is 16.2 Å². The Morgan fingerprint density at radius 2 is 2.00 bits per heavy atom. The van der Waals surface area contributed by atoms with Gasteiger partial charge in [-0.2, -0.15) is 0 Å². The predicted molar refractivity (Wildman–Crippen MR) is 81.4 cm³/mol. The van der Waals surface area contributed by atoms with Crippen LogP contribution in [0.15, 0.2) is 16.7 Å². The molecule has 1 saturated heterocycles. The molecule has 21 heavy (non-hydrogen) atoms. The van der Waals surface area contributed by atoms with Crippen molar-refractivity contribution >= 4 is 33.5 Å². The van der Waals surface area contributed by atoms with Gasteiger partial charge in [0.15, 0.2) is 0 Å². The quantitative estimate of drug-likeness (QED) is 0.604. The smallest absolute Gasteiger partial charge is 0.340 e. The Hall–Kier alpha value is -1.43. The average molecular weight is 353 g/mol. The summed E-state index contributed by atoms with van der Waals surface area (Å²) in [5.74, 6) is 0.855. The highest BCUT2D eigenvalue weighted by Crippen LogP contribution is 2.47. The summed E-state index contributed by atoms with van der Waals surface area (Å²) in [6, 6.07) is 3.58. The van der Waals surface area contributed by atoms with Gasteiger partial charge in [-0.15, -0.1) is 0 Å². The zero-order chi connectivity index (χ0) is 15.0. The Labute approximate surface area is 131 Å². The zero-order valence-corrected chi connectivity index (χ0v) is 13.5. The average Bonchev–Trinajstić information content (AvgIpc) is 2.46. The number of ether oxygens (including phenoxy) is 1. The van der Waals surface area contributed by atoms with E-state index in [1.807, 2.05) is 6.07 Å². The molecule has 1 saturated carbocycles. The van der Waals surface area contributed by atoms with E-state index in [1.165, 1.54) is 7.11 Å². The maximum atomic E-state index is 11.5. The standard InChI is InChI=1S/C15H17BrN2O3/c1-21-14(20)11-2-3-12(17-13(11)16)18-6-4-15(5-7-18)8-10(19)9-15/h2-3H,4-9H2,1H3. The molecule has 1 aliphatic carbocycles. The molecule has 3 rings (SSSR count). The van der Waals surface area contributed by atoms with Gasteiger partial charge in [-0.25, -0.2) is 9.78 Å². The van der Waals surface area contributed by atoms with Crippen LogP contribution in [-0.2, 0) is 9.53 Å². The molecule has 1 aromatic rings. The first-order chi connectivity index (χ1) is 10.0. The van der Waals surface area contributed by atoms with Gasteiger partial charge in [0.2, 0.25) is 0 Å². The number of anilines is 1. The topological polar surface area (TPSA) is 59.5 Å². The summed E-state index contributed by atoms with van der Waals surface area (Å²) in [7, 11) is 1.35. The maximum absolute atomic E-state index is 11.5. The first-order valence-corrected chi connectivity index (χ1v) is 7.84. The minimum Gasteiger partial charge on any atom is -0.465 e. The van der Waals surface area contributed by atoms with Crippen molar-refractivity contribution in [2.45, 2.75) is 25.7 Å². The van der Waals surface area contributed by atoms with Crippen LogP contribution in [-0.4, -0.2) is 36.9 Å². The van der Waals surface area contributed by atoms with E-state index in [-0.39, 0.29) is 5.41 Å². The van der Waals surface area contributed by atoms with Crippen molar-refractivity contribution in [2.75, 3.05) is 25.1 Å². The summed E-state index contributed by atoms with van der Waals surface area (Å²) in [5, 5.41) is 0. The van der Waals surface area contributed by atoms with Gasteiger partial charge in [0.05, 0.1) is 12.7 Å². The summed E-state index contributed by atoms with van der Waals surface area (Å²) in [5.41, 5.74) is 0.691. The predicted octanol–water partition coefficient (Wildman–Crippen LogP) is 2.58. The third-order valence-electron chi connectivity index (χ3n) is 4.53. The van der Waals surface area contributed by atoms with Crippen LogP contribution in [0.1, 0.15) is 36.0 Å².